The van der Waals surface area contributed by atoms with E-state index in [0.29, 0.717) is 0 Å². The van der Waals surface area contributed by atoms with Crippen LogP contribution < -0.4 is 10.1 Å². The van der Waals surface area contributed by atoms with Gasteiger partial charge in [0.05, 0.1) is 53.1 Å². The normalized spacial score (nSPS) is 36.6. The molecule has 12 heteroatoms. The minimum absolute atomic E-state index is 0.00581. The summed E-state index contributed by atoms with van der Waals surface area (Å²) in [6.45, 7) is 10.6. The molecule has 0 aromatic heterocycles. The lowest BCUT2D eigenvalue weighted by Gasteiger charge is -2.35. The van der Waals surface area contributed by atoms with Crippen molar-refractivity contribution in [1.29, 1.82) is 0 Å². The van der Waals surface area contributed by atoms with Crippen LogP contribution in [0, 0.1) is 30.6 Å². The number of ketones is 3. The molecule has 5 rings (SSSR count). The van der Waals surface area contributed by atoms with Crippen LogP contribution in [0.25, 0.3) is 0 Å². The zero-order valence-corrected chi connectivity index (χ0v) is 26.8. The van der Waals surface area contributed by atoms with Crippen LogP contribution >= 0.6 is 0 Å². The summed E-state index contributed by atoms with van der Waals surface area (Å²) >= 11 is 0. The monoisotopic (exact) mass is 639 g/mol. The van der Waals surface area contributed by atoms with E-state index in [0.717, 1.165) is 12.3 Å². The van der Waals surface area contributed by atoms with Gasteiger partial charge in [0.15, 0.2) is 5.78 Å². The molecule has 0 spiro atoms. The van der Waals surface area contributed by atoms with Crippen LogP contribution in [0.2, 0.25) is 0 Å². The Morgan fingerprint density at radius 2 is 1.43 bits per heavy atom. The fraction of sp³-hybridized carbons (Fsp3) is 0.471. The molecule has 0 radical (unpaired) electrons. The number of allylic oxidation sites excluding steroid dienone is 4. The second kappa shape index (κ2) is 13.0. The Morgan fingerprint density at radius 1 is 0.826 bits per heavy atom. The first-order valence-corrected chi connectivity index (χ1v) is 15.1. The number of rotatable bonds is 0. The highest BCUT2D eigenvalue weighted by molar-refractivity contribution is 6.30. The second-order valence-electron chi connectivity index (χ2n) is 12.6. The molecule has 4 aliphatic rings. The summed E-state index contributed by atoms with van der Waals surface area (Å²) < 4.78 is 11.4. The molecule has 1 aromatic rings. The molecule has 0 unspecified atom stereocenters. The van der Waals surface area contributed by atoms with Gasteiger partial charge < -0.3 is 40.3 Å². The number of amides is 1. The van der Waals surface area contributed by atoms with Crippen molar-refractivity contribution >= 4 is 23.3 Å². The third-order valence-electron chi connectivity index (χ3n) is 9.30. The number of phenolic OH excluding ortho intramolecular Hbond substituents is 1. The Hall–Kier alpha value is -4.10. The van der Waals surface area contributed by atoms with E-state index in [-0.39, 0.29) is 22.4 Å². The molecule has 6 N–H and O–H groups in total. The van der Waals surface area contributed by atoms with Gasteiger partial charge in [0.25, 0.3) is 11.7 Å². The number of carbonyl (C=O) groups is 4. The lowest BCUT2D eigenvalue weighted by atomic mass is 9.78. The number of Topliss-reactive ketones (excluding diaryl/α,β-unsaturated/α-hetero) is 2. The fourth-order valence-corrected chi connectivity index (χ4v) is 5.95. The number of hydrogen-bond donors (Lipinski definition) is 6. The van der Waals surface area contributed by atoms with Crippen LogP contribution in [-0.4, -0.2) is 79.0 Å². The van der Waals surface area contributed by atoms with Gasteiger partial charge in [-0.05, 0) is 19.9 Å². The maximum Gasteiger partial charge on any atom is 0.312 e. The number of hydrogen-bond acceptors (Lipinski definition) is 11. The van der Waals surface area contributed by atoms with Crippen LogP contribution in [-0.2, 0) is 9.53 Å². The molecule has 248 valence electrons. The van der Waals surface area contributed by atoms with Gasteiger partial charge in [0.2, 0.25) is 5.78 Å². The highest BCUT2D eigenvalue weighted by atomic mass is 16.7. The van der Waals surface area contributed by atoms with E-state index in [1.54, 1.807) is 33.8 Å². The van der Waals surface area contributed by atoms with Gasteiger partial charge in [-0.25, -0.2) is 0 Å². The molecule has 12 nitrogen and oxygen atoms in total. The zero-order chi connectivity index (χ0) is 34.4. The average Bonchev–Trinajstić information content (AvgIpc) is 3.28. The Balaban J connectivity index is 1.79. The average molecular weight is 640 g/mol. The first kappa shape index (κ1) is 34.8. The van der Waals surface area contributed by atoms with Gasteiger partial charge in [0.1, 0.15) is 11.5 Å². The molecule has 1 amide bonds. The van der Waals surface area contributed by atoms with Crippen LogP contribution in [0.5, 0.6) is 11.5 Å². The Labute approximate surface area is 266 Å². The number of ether oxygens (including phenoxy) is 2. The SMILES string of the molecule is C/C1=C/C=C/[C@H](C)[C@H](O)[C@@H](C)[C@@H](O)[C@@H](C)[C@H](O)[C@H](C)[C@@H](O)/C=C/O[C@@]2(C)Oc3c(C)c(O)c4c(c3C2=O)C(=O)C=C(NC1=O)C4=O. The van der Waals surface area contributed by atoms with Crippen molar-refractivity contribution in [2.75, 3.05) is 0 Å². The lowest BCUT2D eigenvalue weighted by molar-refractivity contribution is -0.116. The lowest BCUT2D eigenvalue weighted by Crippen LogP contribution is -2.44. The molecule has 3 aliphatic heterocycles. The number of phenols is 1. The molecule has 0 saturated carbocycles. The summed E-state index contributed by atoms with van der Waals surface area (Å²) in [5.41, 5.74) is -1.38. The Kier molecular flexibility index (Phi) is 9.79. The number of nitrogens with one attached hydrogen (secondary N) is 1. The Bertz CT molecular complexity index is 1590. The van der Waals surface area contributed by atoms with E-state index in [2.05, 4.69) is 5.32 Å². The van der Waals surface area contributed by atoms with Gasteiger partial charge in [0, 0.05) is 47.8 Å². The molecule has 5 bridgehead atoms. The smallest absolute Gasteiger partial charge is 0.312 e. The van der Waals surface area contributed by atoms with E-state index >= 15 is 0 Å². The van der Waals surface area contributed by atoms with Crippen LogP contribution in [0.15, 0.2) is 47.9 Å². The van der Waals surface area contributed by atoms with E-state index in [1.807, 2.05) is 0 Å². The molecule has 0 saturated heterocycles. The molecule has 0 fully saturated rings. The molecular weight excluding hydrogens is 598 g/mol. The second-order valence-corrected chi connectivity index (χ2v) is 12.6. The third kappa shape index (κ3) is 6.05. The highest BCUT2D eigenvalue weighted by Gasteiger charge is 2.51. The molecule has 1 aliphatic carbocycles. The molecular formula is C34H41NO11. The molecule has 3 heterocycles. The fourth-order valence-electron chi connectivity index (χ4n) is 5.95. The van der Waals surface area contributed by atoms with E-state index in [9.17, 15) is 44.7 Å². The van der Waals surface area contributed by atoms with E-state index in [4.69, 9.17) is 9.47 Å². The van der Waals surface area contributed by atoms with Gasteiger partial charge >= 0.3 is 5.79 Å². The van der Waals surface area contributed by atoms with Crippen molar-refractivity contribution in [2.45, 2.75) is 78.7 Å². The number of benzene rings is 1. The summed E-state index contributed by atoms with van der Waals surface area (Å²) in [4.78, 5) is 53.5. The summed E-state index contributed by atoms with van der Waals surface area (Å²) in [5, 5.41) is 57.1. The number of aromatic hydroxyl groups is 1. The van der Waals surface area contributed by atoms with Crippen molar-refractivity contribution in [3.8, 4) is 11.5 Å². The summed E-state index contributed by atoms with van der Waals surface area (Å²) in [5.74, 6) is -8.82. The van der Waals surface area contributed by atoms with E-state index in [1.165, 1.54) is 39.0 Å². The van der Waals surface area contributed by atoms with Crippen molar-refractivity contribution < 1.29 is 54.2 Å². The predicted octanol–water partition coefficient (Wildman–Crippen LogP) is 2.41. The number of fused-ring (bicyclic) bond motifs is 14. The van der Waals surface area contributed by atoms with Crippen LogP contribution in [0.1, 0.15) is 78.2 Å². The summed E-state index contributed by atoms with van der Waals surface area (Å²) in [6.07, 6.45) is 2.96. The maximum absolute atomic E-state index is 13.7. The van der Waals surface area contributed by atoms with Crippen LogP contribution in [0.4, 0.5) is 0 Å². The highest BCUT2D eigenvalue weighted by Crippen LogP contribution is 2.47. The summed E-state index contributed by atoms with van der Waals surface area (Å²) in [7, 11) is 0. The number of aliphatic hydroxyl groups excluding tert-OH is 4. The zero-order valence-electron chi connectivity index (χ0n) is 26.8. The predicted molar refractivity (Wildman–Crippen MR) is 165 cm³/mol. The van der Waals surface area contributed by atoms with Gasteiger partial charge in [-0.15, -0.1) is 0 Å². The van der Waals surface area contributed by atoms with Gasteiger partial charge in [-0.3, -0.25) is 19.2 Å². The van der Waals surface area contributed by atoms with Crippen molar-refractivity contribution in [2.24, 2.45) is 23.7 Å². The molecule has 9 atom stereocenters. The number of carbonyl (C=O) groups excluding carboxylic acids is 4. The first-order chi connectivity index (χ1) is 21.4. The van der Waals surface area contributed by atoms with Gasteiger partial charge in [-0.2, -0.15) is 0 Å². The van der Waals surface area contributed by atoms with Crippen molar-refractivity contribution in [1.82, 2.24) is 5.32 Å². The summed E-state index contributed by atoms with van der Waals surface area (Å²) in [6, 6.07) is 0. The minimum atomic E-state index is -2.05. The maximum atomic E-state index is 13.7. The van der Waals surface area contributed by atoms with Gasteiger partial charge in [-0.1, -0.05) is 45.9 Å². The number of aliphatic hydroxyl groups is 4. The molecule has 1 aromatic carbocycles. The quantitative estimate of drug-likeness (QED) is 0.244. The van der Waals surface area contributed by atoms with Crippen molar-refractivity contribution in [3.05, 3.63) is 70.2 Å². The topological polar surface area (TPSA) is 200 Å². The third-order valence-corrected chi connectivity index (χ3v) is 9.30. The minimum Gasteiger partial charge on any atom is -0.507 e. The standard InChI is InChI=1S/C34H41NO11/c1-14-9-8-10-15(2)33(44)35-20-13-22(37)23-24(30(20)42)29(41)19(6)31-25(23)32(43)34(7,46-31)45-12-11-21(36)16(3)27(39)18(5)28(40)17(4)26(14)38/h8-14,16-18,21,26-28,36,38-41H,1-7H3,(H,35,44)/b9-8+,12-11+,15-10-/t14-,16+,17+,18-,21-,26-,27+,28+,34-/m0/s1. The Morgan fingerprint density at radius 3 is 2.09 bits per heavy atom. The van der Waals surface area contributed by atoms with E-state index < -0.39 is 99.7 Å². The van der Waals surface area contributed by atoms with Crippen molar-refractivity contribution in [3.63, 3.8) is 0 Å². The molecule has 46 heavy (non-hydrogen) atoms. The largest absolute Gasteiger partial charge is 0.507 e. The van der Waals surface area contributed by atoms with Crippen LogP contribution in [0.3, 0.4) is 0 Å². The first-order valence-electron chi connectivity index (χ1n) is 15.1.